The second-order valence-corrected chi connectivity index (χ2v) is 5.48. The molecular weight excluding hydrogens is 200 g/mol. The molecule has 16 heavy (non-hydrogen) atoms. The van der Waals surface area contributed by atoms with Crippen LogP contribution in [0.5, 0.6) is 0 Å². The predicted octanol–water partition coefficient (Wildman–Crippen LogP) is 2.63. The molecule has 0 aromatic carbocycles. The van der Waals surface area contributed by atoms with Crippen LogP contribution in [-0.4, -0.2) is 42.9 Å². The Morgan fingerprint density at radius 2 is 1.44 bits per heavy atom. The molecule has 1 aliphatic carbocycles. The summed E-state index contributed by atoms with van der Waals surface area (Å²) in [5.41, 5.74) is -0.00437. The molecule has 0 amide bonds. The van der Waals surface area contributed by atoms with Crippen molar-refractivity contribution in [1.29, 1.82) is 0 Å². The number of nitrogens with zero attached hydrogens (tertiary/aromatic N) is 2. The Kier molecular flexibility index (Phi) is 4.22. The van der Waals surface area contributed by atoms with Crippen LogP contribution in [0.3, 0.4) is 0 Å². The molecule has 0 radical (unpaired) electrons. The smallest absolute Gasteiger partial charge is 0.142 e. The maximum absolute atomic E-state index is 6.34. The van der Waals surface area contributed by atoms with E-state index in [0.717, 1.165) is 13.1 Å². The molecule has 0 unspecified atom stereocenters. The van der Waals surface area contributed by atoms with Gasteiger partial charge in [-0.15, -0.1) is 0 Å². The Morgan fingerprint density at radius 3 is 2.00 bits per heavy atom. The fourth-order valence-electron chi connectivity index (χ4n) is 2.92. The zero-order chi connectivity index (χ0) is 11.4. The number of hydroxylamine groups is 2. The van der Waals surface area contributed by atoms with Crippen LogP contribution in [0.1, 0.15) is 51.4 Å². The highest BCUT2D eigenvalue weighted by Crippen LogP contribution is 2.34. The van der Waals surface area contributed by atoms with Gasteiger partial charge in [0, 0.05) is 13.1 Å². The highest BCUT2D eigenvalue weighted by molar-refractivity contribution is 4.81. The molecule has 0 N–H and O–H groups in total. The SMILES string of the molecule is CN(C)C1(ON2CCCCC2)CCCCC1. The van der Waals surface area contributed by atoms with Gasteiger partial charge in [-0.2, -0.15) is 5.06 Å². The van der Waals surface area contributed by atoms with Crippen LogP contribution in [0, 0.1) is 0 Å². The standard InChI is InChI=1S/C13H26N2O/c1-14(2)13(9-5-3-6-10-13)16-15-11-7-4-8-12-15/h3-12H2,1-2H3. The first-order valence-electron chi connectivity index (χ1n) is 6.84. The molecule has 0 aromatic rings. The topological polar surface area (TPSA) is 15.7 Å². The lowest BCUT2D eigenvalue weighted by Crippen LogP contribution is -2.52. The quantitative estimate of drug-likeness (QED) is 0.688. The molecule has 2 rings (SSSR count). The van der Waals surface area contributed by atoms with Crippen LogP contribution in [0.15, 0.2) is 0 Å². The van der Waals surface area contributed by atoms with E-state index >= 15 is 0 Å². The third-order valence-electron chi connectivity index (χ3n) is 4.06. The van der Waals surface area contributed by atoms with Crippen molar-refractivity contribution in [2.75, 3.05) is 27.2 Å². The summed E-state index contributed by atoms with van der Waals surface area (Å²) in [6.45, 7) is 2.24. The Bertz CT molecular complexity index is 206. The summed E-state index contributed by atoms with van der Waals surface area (Å²) in [4.78, 5) is 8.63. The molecule has 1 saturated carbocycles. The minimum absolute atomic E-state index is 0.00437. The van der Waals surface area contributed by atoms with Crippen LogP contribution < -0.4 is 0 Å². The van der Waals surface area contributed by atoms with Gasteiger partial charge >= 0.3 is 0 Å². The second kappa shape index (κ2) is 5.48. The zero-order valence-corrected chi connectivity index (χ0v) is 10.9. The fourth-order valence-corrected chi connectivity index (χ4v) is 2.92. The average molecular weight is 226 g/mol. The average Bonchev–Trinajstić information content (AvgIpc) is 2.31. The van der Waals surface area contributed by atoms with Crippen LogP contribution in [0.2, 0.25) is 0 Å². The fraction of sp³-hybridized carbons (Fsp3) is 1.00. The van der Waals surface area contributed by atoms with E-state index < -0.39 is 0 Å². The van der Waals surface area contributed by atoms with Crippen LogP contribution >= 0.6 is 0 Å². The Balaban J connectivity index is 1.95. The maximum atomic E-state index is 6.34. The molecule has 3 heteroatoms. The van der Waals surface area contributed by atoms with Crippen molar-refractivity contribution in [3.63, 3.8) is 0 Å². The van der Waals surface area contributed by atoms with E-state index in [1.54, 1.807) is 0 Å². The maximum Gasteiger partial charge on any atom is 0.142 e. The number of piperidine rings is 1. The largest absolute Gasteiger partial charge is 0.280 e. The van der Waals surface area contributed by atoms with E-state index in [9.17, 15) is 0 Å². The summed E-state index contributed by atoms with van der Waals surface area (Å²) in [5.74, 6) is 0. The van der Waals surface area contributed by atoms with Gasteiger partial charge in [0.1, 0.15) is 5.72 Å². The van der Waals surface area contributed by atoms with Crippen LogP contribution in [0.25, 0.3) is 0 Å². The van der Waals surface area contributed by atoms with Crippen molar-refractivity contribution >= 4 is 0 Å². The summed E-state index contributed by atoms with van der Waals surface area (Å²) >= 11 is 0. The van der Waals surface area contributed by atoms with Gasteiger partial charge in [-0.3, -0.25) is 9.74 Å². The highest BCUT2D eigenvalue weighted by Gasteiger charge is 2.37. The molecule has 1 saturated heterocycles. The monoisotopic (exact) mass is 226 g/mol. The summed E-state index contributed by atoms with van der Waals surface area (Å²) < 4.78 is 0. The van der Waals surface area contributed by atoms with Gasteiger partial charge in [0.15, 0.2) is 0 Å². The Labute approximate surface area is 99.7 Å². The Morgan fingerprint density at radius 1 is 0.875 bits per heavy atom. The third kappa shape index (κ3) is 2.76. The van der Waals surface area contributed by atoms with Gasteiger partial charge in [0.2, 0.25) is 0 Å². The van der Waals surface area contributed by atoms with Crippen LogP contribution in [-0.2, 0) is 4.84 Å². The number of hydrogen-bond donors (Lipinski definition) is 0. The van der Waals surface area contributed by atoms with Crippen LogP contribution in [0.4, 0.5) is 0 Å². The first-order valence-corrected chi connectivity index (χ1v) is 6.84. The minimum atomic E-state index is -0.00437. The molecule has 0 bridgehead atoms. The van der Waals surface area contributed by atoms with Crippen molar-refractivity contribution in [1.82, 2.24) is 9.96 Å². The van der Waals surface area contributed by atoms with Gasteiger partial charge in [0.25, 0.3) is 0 Å². The van der Waals surface area contributed by atoms with E-state index in [1.165, 1.54) is 51.4 Å². The van der Waals surface area contributed by atoms with Crippen molar-refractivity contribution in [3.05, 3.63) is 0 Å². The van der Waals surface area contributed by atoms with Crippen molar-refractivity contribution in [2.24, 2.45) is 0 Å². The van der Waals surface area contributed by atoms with E-state index in [1.807, 2.05) is 0 Å². The summed E-state index contributed by atoms with van der Waals surface area (Å²) in [5, 5.41) is 2.22. The Hall–Kier alpha value is -0.120. The van der Waals surface area contributed by atoms with Crippen molar-refractivity contribution in [3.8, 4) is 0 Å². The third-order valence-corrected chi connectivity index (χ3v) is 4.06. The summed E-state index contributed by atoms with van der Waals surface area (Å²) in [6.07, 6.45) is 10.3. The molecule has 0 aromatic heterocycles. The molecule has 2 aliphatic rings. The molecule has 2 fully saturated rings. The predicted molar refractivity (Wildman–Crippen MR) is 66.0 cm³/mol. The van der Waals surface area contributed by atoms with E-state index in [-0.39, 0.29) is 5.72 Å². The van der Waals surface area contributed by atoms with Gasteiger partial charge in [0.05, 0.1) is 0 Å². The molecule has 1 aliphatic heterocycles. The zero-order valence-electron chi connectivity index (χ0n) is 10.9. The minimum Gasteiger partial charge on any atom is -0.280 e. The lowest BCUT2D eigenvalue weighted by molar-refractivity contribution is -0.305. The molecule has 3 nitrogen and oxygen atoms in total. The van der Waals surface area contributed by atoms with E-state index in [4.69, 9.17) is 4.84 Å². The first kappa shape index (κ1) is 12.3. The van der Waals surface area contributed by atoms with Gasteiger partial charge in [-0.25, -0.2) is 0 Å². The van der Waals surface area contributed by atoms with Gasteiger partial charge in [-0.05, 0) is 52.6 Å². The van der Waals surface area contributed by atoms with Crippen molar-refractivity contribution in [2.45, 2.75) is 57.1 Å². The lowest BCUT2D eigenvalue weighted by atomic mass is 9.91. The van der Waals surface area contributed by atoms with Gasteiger partial charge in [-0.1, -0.05) is 12.8 Å². The van der Waals surface area contributed by atoms with Crippen molar-refractivity contribution < 1.29 is 4.84 Å². The molecule has 1 heterocycles. The molecule has 0 atom stereocenters. The molecule has 94 valence electrons. The second-order valence-electron chi connectivity index (χ2n) is 5.48. The highest BCUT2D eigenvalue weighted by atomic mass is 16.7. The number of rotatable bonds is 3. The van der Waals surface area contributed by atoms with E-state index in [2.05, 4.69) is 24.1 Å². The number of hydrogen-bond acceptors (Lipinski definition) is 3. The summed E-state index contributed by atoms with van der Waals surface area (Å²) in [7, 11) is 4.32. The lowest BCUT2D eigenvalue weighted by Gasteiger charge is -2.45. The van der Waals surface area contributed by atoms with E-state index in [0.29, 0.717) is 0 Å². The normalized spacial score (nSPS) is 27.2. The molecular formula is C13H26N2O. The summed E-state index contributed by atoms with van der Waals surface area (Å²) in [6, 6.07) is 0. The van der Waals surface area contributed by atoms with Gasteiger partial charge < -0.3 is 0 Å². The first-order chi connectivity index (χ1) is 7.73. The molecule has 0 spiro atoms.